The highest BCUT2D eigenvalue weighted by Gasteiger charge is 2.39. The highest BCUT2D eigenvalue weighted by atomic mass is 32.2. The third-order valence-corrected chi connectivity index (χ3v) is 9.05. The molecule has 0 radical (unpaired) electrons. The van der Waals surface area contributed by atoms with Gasteiger partial charge in [-0.05, 0) is 31.4 Å². The summed E-state index contributed by atoms with van der Waals surface area (Å²) < 4.78 is 27.3. The van der Waals surface area contributed by atoms with Gasteiger partial charge >= 0.3 is 0 Å². The average molecular weight is 491 g/mol. The fourth-order valence-corrected chi connectivity index (χ4v) is 6.56. The van der Waals surface area contributed by atoms with Crippen LogP contribution >= 0.6 is 11.3 Å². The van der Waals surface area contributed by atoms with Crippen LogP contribution in [0.25, 0.3) is 0 Å². The number of aromatic nitrogens is 1. The zero-order valence-electron chi connectivity index (χ0n) is 18.8. The lowest BCUT2D eigenvalue weighted by Crippen LogP contribution is -2.58. The predicted molar refractivity (Wildman–Crippen MR) is 127 cm³/mol. The van der Waals surface area contributed by atoms with Gasteiger partial charge in [-0.2, -0.15) is 4.31 Å². The van der Waals surface area contributed by atoms with Crippen LogP contribution in [0, 0.1) is 12.8 Å². The van der Waals surface area contributed by atoms with Crippen LogP contribution in [0.15, 0.2) is 40.7 Å². The molecular weight excluding hydrogens is 460 g/mol. The summed E-state index contributed by atoms with van der Waals surface area (Å²) in [5.41, 5.74) is 0.964. The minimum atomic E-state index is -3.77. The van der Waals surface area contributed by atoms with E-state index in [9.17, 15) is 18.0 Å². The van der Waals surface area contributed by atoms with E-state index in [1.807, 2.05) is 6.92 Å². The molecule has 8 nitrogen and oxygen atoms in total. The van der Waals surface area contributed by atoms with Crippen molar-refractivity contribution in [2.75, 3.05) is 25.0 Å². The molecule has 2 amide bonds. The Balaban J connectivity index is 1.49. The number of piperazine rings is 1. The van der Waals surface area contributed by atoms with Gasteiger partial charge in [0.2, 0.25) is 21.8 Å². The fraction of sp³-hybridized carbons (Fsp3) is 0.522. The van der Waals surface area contributed by atoms with Crippen molar-refractivity contribution in [3.05, 3.63) is 41.4 Å². The Morgan fingerprint density at radius 3 is 2.55 bits per heavy atom. The zero-order valence-corrected chi connectivity index (χ0v) is 20.4. The highest BCUT2D eigenvalue weighted by molar-refractivity contribution is 7.89. The van der Waals surface area contributed by atoms with Gasteiger partial charge in [0.1, 0.15) is 6.04 Å². The van der Waals surface area contributed by atoms with E-state index in [1.165, 1.54) is 22.1 Å². The number of anilines is 1. The van der Waals surface area contributed by atoms with Gasteiger partial charge in [-0.1, -0.05) is 49.8 Å². The van der Waals surface area contributed by atoms with Crippen LogP contribution < -0.4 is 5.32 Å². The number of carbonyl (C=O) groups is 2. The van der Waals surface area contributed by atoms with Gasteiger partial charge in [0.05, 0.1) is 11.4 Å². The Morgan fingerprint density at radius 1 is 1.18 bits per heavy atom. The van der Waals surface area contributed by atoms with E-state index < -0.39 is 16.1 Å². The summed E-state index contributed by atoms with van der Waals surface area (Å²) >= 11 is 1.33. The Kier molecular flexibility index (Phi) is 7.45. The first-order valence-corrected chi connectivity index (χ1v) is 13.7. The summed E-state index contributed by atoms with van der Waals surface area (Å²) in [6.07, 6.45) is 7.81. The lowest BCUT2D eigenvalue weighted by molar-refractivity contribution is -0.142. The first-order valence-electron chi connectivity index (χ1n) is 11.4. The first-order chi connectivity index (χ1) is 15.8. The molecule has 1 aromatic heterocycles. The minimum Gasteiger partial charge on any atom is -0.328 e. The Labute approximate surface area is 199 Å². The molecule has 1 unspecified atom stereocenters. The quantitative estimate of drug-likeness (QED) is 0.642. The molecule has 33 heavy (non-hydrogen) atoms. The van der Waals surface area contributed by atoms with Gasteiger partial charge in [0.25, 0.3) is 0 Å². The molecule has 0 spiro atoms. The molecular formula is C23H30N4O4S2. The van der Waals surface area contributed by atoms with Crippen molar-refractivity contribution in [2.45, 2.75) is 56.4 Å². The second kappa shape index (κ2) is 10.3. The first kappa shape index (κ1) is 23.8. The van der Waals surface area contributed by atoms with Gasteiger partial charge in [0.15, 0.2) is 5.13 Å². The molecule has 2 aromatic rings. The molecule has 2 fully saturated rings. The summed E-state index contributed by atoms with van der Waals surface area (Å²) in [6, 6.07) is 5.99. The van der Waals surface area contributed by atoms with E-state index >= 15 is 0 Å². The molecule has 1 aliphatic heterocycles. The van der Waals surface area contributed by atoms with Crippen LogP contribution in [0.4, 0.5) is 5.13 Å². The maximum absolute atomic E-state index is 13.2. The number of amides is 2. The fourth-order valence-electron chi connectivity index (χ4n) is 4.65. The van der Waals surface area contributed by atoms with E-state index in [1.54, 1.807) is 40.7 Å². The summed E-state index contributed by atoms with van der Waals surface area (Å²) in [7, 11) is -3.77. The highest BCUT2D eigenvalue weighted by Crippen LogP contribution is 2.30. The standard InChI is InChI=1S/C23H30N4O4S2/c1-17-7-9-19(10-8-17)33(30,31)26-12-13-27(21(28)16-26)20(15-18-5-3-2-4-6-18)22(29)25-23-24-11-14-32-23/h7-11,14,18,20H,2-6,12-13,15-16H2,1H3,(H,24,25,29). The number of sulfonamides is 1. The lowest BCUT2D eigenvalue weighted by atomic mass is 9.84. The van der Waals surface area contributed by atoms with Crippen molar-refractivity contribution in [1.29, 1.82) is 0 Å². The average Bonchev–Trinajstić information content (AvgIpc) is 3.31. The number of nitrogens with zero attached hydrogens (tertiary/aromatic N) is 3. The molecule has 1 saturated carbocycles. The van der Waals surface area contributed by atoms with E-state index in [0.29, 0.717) is 17.5 Å². The monoisotopic (exact) mass is 490 g/mol. The van der Waals surface area contributed by atoms with Crippen molar-refractivity contribution < 1.29 is 18.0 Å². The molecule has 10 heteroatoms. The third-order valence-electron chi connectivity index (χ3n) is 6.50. The van der Waals surface area contributed by atoms with Gasteiger partial charge in [-0.25, -0.2) is 13.4 Å². The topological polar surface area (TPSA) is 99.7 Å². The molecule has 1 saturated heterocycles. The summed E-state index contributed by atoms with van der Waals surface area (Å²) in [5.74, 6) is -0.210. The molecule has 178 valence electrons. The summed E-state index contributed by atoms with van der Waals surface area (Å²) in [4.78, 5) is 32.2. The van der Waals surface area contributed by atoms with Crippen molar-refractivity contribution in [1.82, 2.24) is 14.2 Å². The number of rotatable bonds is 7. The van der Waals surface area contributed by atoms with Gasteiger partial charge in [0, 0.05) is 24.7 Å². The number of hydrogen-bond donors (Lipinski definition) is 1. The van der Waals surface area contributed by atoms with Gasteiger partial charge < -0.3 is 10.2 Å². The number of carbonyl (C=O) groups excluding carboxylic acids is 2. The van der Waals surface area contributed by atoms with Crippen LogP contribution in [-0.2, 0) is 19.6 Å². The van der Waals surface area contributed by atoms with Crippen LogP contribution in [-0.4, -0.2) is 60.1 Å². The number of nitrogens with one attached hydrogen (secondary N) is 1. The van der Waals surface area contributed by atoms with E-state index in [4.69, 9.17) is 0 Å². The molecule has 1 aliphatic carbocycles. The van der Waals surface area contributed by atoms with Crippen molar-refractivity contribution in [3.8, 4) is 0 Å². The van der Waals surface area contributed by atoms with Crippen molar-refractivity contribution in [3.63, 3.8) is 0 Å². The smallest absolute Gasteiger partial charge is 0.248 e. The molecule has 1 N–H and O–H groups in total. The maximum Gasteiger partial charge on any atom is 0.248 e. The van der Waals surface area contributed by atoms with Crippen LogP contribution in [0.5, 0.6) is 0 Å². The Bertz CT molecular complexity index is 1060. The molecule has 2 aliphatic rings. The van der Waals surface area contributed by atoms with E-state index in [-0.39, 0.29) is 36.3 Å². The van der Waals surface area contributed by atoms with Crippen LogP contribution in [0.2, 0.25) is 0 Å². The Hall–Kier alpha value is -2.30. The largest absolute Gasteiger partial charge is 0.328 e. The molecule has 4 rings (SSSR count). The second-order valence-electron chi connectivity index (χ2n) is 8.82. The zero-order chi connectivity index (χ0) is 23.4. The number of aryl methyl sites for hydroxylation is 1. The Morgan fingerprint density at radius 2 is 1.91 bits per heavy atom. The predicted octanol–water partition coefficient (Wildman–Crippen LogP) is 3.26. The SMILES string of the molecule is Cc1ccc(S(=O)(=O)N2CCN(C(CC3CCCCC3)C(=O)Nc3nccs3)C(=O)C2)cc1. The van der Waals surface area contributed by atoms with E-state index in [0.717, 1.165) is 31.2 Å². The normalized spacial score (nSPS) is 19.4. The number of thiazole rings is 1. The molecule has 1 atom stereocenters. The number of benzene rings is 1. The summed E-state index contributed by atoms with van der Waals surface area (Å²) in [6.45, 7) is 1.98. The molecule has 1 aromatic carbocycles. The maximum atomic E-state index is 13.2. The minimum absolute atomic E-state index is 0.160. The van der Waals surface area contributed by atoms with Gasteiger partial charge in [-0.3, -0.25) is 9.59 Å². The van der Waals surface area contributed by atoms with E-state index in [2.05, 4.69) is 10.3 Å². The number of hydrogen-bond acceptors (Lipinski definition) is 6. The second-order valence-corrected chi connectivity index (χ2v) is 11.7. The van der Waals surface area contributed by atoms with Gasteiger partial charge in [-0.15, -0.1) is 11.3 Å². The summed E-state index contributed by atoms with van der Waals surface area (Å²) in [5, 5.41) is 5.13. The van der Waals surface area contributed by atoms with Crippen molar-refractivity contribution in [2.24, 2.45) is 5.92 Å². The van der Waals surface area contributed by atoms with Crippen molar-refractivity contribution >= 4 is 38.3 Å². The van der Waals surface area contributed by atoms with Crippen LogP contribution in [0.3, 0.4) is 0 Å². The third kappa shape index (κ3) is 5.62. The molecule has 2 heterocycles. The van der Waals surface area contributed by atoms with Crippen LogP contribution in [0.1, 0.15) is 44.1 Å². The lowest BCUT2D eigenvalue weighted by Gasteiger charge is -2.39. The molecule has 0 bridgehead atoms.